The van der Waals surface area contributed by atoms with Crippen molar-refractivity contribution in [2.24, 2.45) is 5.73 Å². The van der Waals surface area contributed by atoms with Crippen molar-refractivity contribution in [3.8, 4) is 0 Å². The third-order valence-electron chi connectivity index (χ3n) is 1.48. The summed E-state index contributed by atoms with van der Waals surface area (Å²) in [4.78, 5) is 0. The van der Waals surface area contributed by atoms with Crippen LogP contribution >= 0.6 is 0 Å². The van der Waals surface area contributed by atoms with Crippen molar-refractivity contribution in [3.63, 3.8) is 0 Å². The summed E-state index contributed by atoms with van der Waals surface area (Å²) in [6.07, 6.45) is 5.73. The molecule has 0 saturated heterocycles. The largest absolute Gasteiger partial charge is 0.328 e. The van der Waals surface area contributed by atoms with E-state index in [1.807, 2.05) is 0 Å². The fourth-order valence-corrected chi connectivity index (χ4v) is 0.922. The molecule has 0 rings (SSSR count). The normalized spacial score (nSPS) is 13.7. The van der Waals surface area contributed by atoms with Crippen molar-refractivity contribution < 1.29 is 0 Å². The number of rotatable bonds is 5. The lowest BCUT2D eigenvalue weighted by Crippen LogP contribution is -2.18. The highest BCUT2D eigenvalue weighted by molar-refractivity contribution is 4.59. The van der Waals surface area contributed by atoms with Gasteiger partial charge in [0.2, 0.25) is 0 Å². The molecule has 0 fully saturated rings. The molecule has 2 N–H and O–H groups in total. The average Bonchev–Trinajstić information content (AvgIpc) is 1.85. The van der Waals surface area contributed by atoms with Gasteiger partial charge in [-0.05, 0) is 12.8 Å². The Hall–Kier alpha value is -0.0400. The molecule has 0 aliphatic heterocycles. The highest BCUT2D eigenvalue weighted by atomic mass is 14.6. The summed E-state index contributed by atoms with van der Waals surface area (Å²) < 4.78 is 0. The second kappa shape index (κ2) is 6.09. The predicted molar refractivity (Wildman–Crippen MR) is 42.1 cm³/mol. The van der Waals surface area contributed by atoms with Crippen LogP contribution in [0.4, 0.5) is 0 Å². The van der Waals surface area contributed by atoms with Crippen LogP contribution in [0.25, 0.3) is 0 Å². The van der Waals surface area contributed by atoms with Crippen molar-refractivity contribution in [2.45, 2.75) is 45.1 Å². The first kappa shape index (κ1) is 8.96. The van der Waals surface area contributed by atoms with Gasteiger partial charge < -0.3 is 5.73 Å². The zero-order chi connectivity index (χ0) is 7.11. The minimum atomic E-state index is 0.428. The molecular formula is C8H18N. The van der Waals surface area contributed by atoms with E-state index in [-0.39, 0.29) is 0 Å². The summed E-state index contributed by atoms with van der Waals surface area (Å²) in [5.41, 5.74) is 5.74. The van der Waals surface area contributed by atoms with Gasteiger partial charge in [-0.2, -0.15) is 0 Å². The lowest BCUT2D eigenvalue weighted by molar-refractivity contribution is 0.542. The standard InChI is InChI=1S/C8H18N/c1-3-5-7-8(9)6-4-2/h8H,1,3-7,9H2,2H3. The molecule has 0 aromatic heterocycles. The Kier molecular flexibility index (Phi) is 6.06. The van der Waals surface area contributed by atoms with E-state index < -0.39 is 0 Å². The molecule has 0 saturated carbocycles. The molecule has 9 heavy (non-hydrogen) atoms. The van der Waals surface area contributed by atoms with Gasteiger partial charge >= 0.3 is 0 Å². The van der Waals surface area contributed by atoms with Crippen molar-refractivity contribution in [1.82, 2.24) is 0 Å². The van der Waals surface area contributed by atoms with Crippen LogP contribution in [0.2, 0.25) is 0 Å². The maximum Gasteiger partial charge on any atom is 0.00387 e. The Morgan fingerprint density at radius 2 is 2.11 bits per heavy atom. The van der Waals surface area contributed by atoms with Crippen molar-refractivity contribution in [3.05, 3.63) is 6.92 Å². The van der Waals surface area contributed by atoms with Crippen molar-refractivity contribution in [2.75, 3.05) is 0 Å². The van der Waals surface area contributed by atoms with Crippen LogP contribution in [0.5, 0.6) is 0 Å². The molecule has 0 aliphatic carbocycles. The van der Waals surface area contributed by atoms with E-state index in [2.05, 4.69) is 13.8 Å². The highest BCUT2D eigenvalue weighted by Crippen LogP contribution is 2.02. The SMILES string of the molecule is [CH2]CCCC(N)CCC. The summed E-state index contributed by atoms with van der Waals surface area (Å²) >= 11 is 0. The van der Waals surface area contributed by atoms with Crippen molar-refractivity contribution >= 4 is 0 Å². The van der Waals surface area contributed by atoms with E-state index in [0.717, 1.165) is 12.8 Å². The Labute approximate surface area is 58.6 Å². The molecule has 0 bridgehead atoms. The summed E-state index contributed by atoms with van der Waals surface area (Å²) in [5.74, 6) is 0. The Morgan fingerprint density at radius 3 is 2.56 bits per heavy atom. The molecule has 1 heteroatoms. The number of unbranched alkanes of at least 4 members (excludes halogenated alkanes) is 1. The molecule has 0 heterocycles. The molecule has 1 atom stereocenters. The minimum absolute atomic E-state index is 0.428. The van der Waals surface area contributed by atoms with Crippen LogP contribution in [-0.4, -0.2) is 6.04 Å². The quantitative estimate of drug-likeness (QED) is 0.603. The van der Waals surface area contributed by atoms with Gasteiger partial charge in [-0.15, -0.1) is 0 Å². The highest BCUT2D eigenvalue weighted by Gasteiger charge is 1.97. The molecular weight excluding hydrogens is 110 g/mol. The molecule has 0 aromatic carbocycles. The first-order valence-corrected chi connectivity index (χ1v) is 3.86. The topological polar surface area (TPSA) is 26.0 Å². The molecule has 1 nitrogen and oxygen atoms in total. The fourth-order valence-electron chi connectivity index (χ4n) is 0.922. The zero-order valence-electron chi connectivity index (χ0n) is 6.40. The monoisotopic (exact) mass is 128 g/mol. The van der Waals surface area contributed by atoms with Gasteiger partial charge in [0.05, 0.1) is 0 Å². The van der Waals surface area contributed by atoms with Crippen molar-refractivity contribution in [1.29, 1.82) is 0 Å². The fraction of sp³-hybridized carbons (Fsp3) is 0.875. The van der Waals surface area contributed by atoms with Gasteiger partial charge in [0.1, 0.15) is 0 Å². The third kappa shape index (κ3) is 5.84. The van der Waals surface area contributed by atoms with Crippen LogP contribution in [-0.2, 0) is 0 Å². The summed E-state index contributed by atoms with van der Waals surface area (Å²) in [5, 5.41) is 0. The van der Waals surface area contributed by atoms with E-state index in [4.69, 9.17) is 5.73 Å². The Balaban J connectivity index is 2.95. The van der Waals surface area contributed by atoms with Gasteiger partial charge in [-0.3, -0.25) is 0 Å². The molecule has 1 radical (unpaired) electrons. The first-order valence-electron chi connectivity index (χ1n) is 3.86. The predicted octanol–water partition coefficient (Wildman–Crippen LogP) is 2.12. The van der Waals surface area contributed by atoms with Gasteiger partial charge in [0, 0.05) is 6.04 Å². The van der Waals surface area contributed by atoms with E-state index in [1.165, 1.54) is 19.3 Å². The third-order valence-corrected chi connectivity index (χ3v) is 1.48. The van der Waals surface area contributed by atoms with Gasteiger partial charge in [-0.1, -0.05) is 33.1 Å². The van der Waals surface area contributed by atoms with E-state index in [9.17, 15) is 0 Å². The van der Waals surface area contributed by atoms with Gasteiger partial charge in [0.15, 0.2) is 0 Å². The number of hydrogen-bond donors (Lipinski definition) is 1. The first-order chi connectivity index (χ1) is 4.31. The van der Waals surface area contributed by atoms with E-state index in [0.29, 0.717) is 6.04 Å². The van der Waals surface area contributed by atoms with Crippen LogP contribution in [0.3, 0.4) is 0 Å². The lowest BCUT2D eigenvalue weighted by Gasteiger charge is -2.07. The van der Waals surface area contributed by atoms with Crippen LogP contribution < -0.4 is 5.73 Å². The second-order valence-electron chi connectivity index (χ2n) is 2.54. The maximum atomic E-state index is 5.74. The molecule has 55 valence electrons. The average molecular weight is 128 g/mol. The second-order valence-corrected chi connectivity index (χ2v) is 2.54. The summed E-state index contributed by atoms with van der Waals surface area (Å²) in [6, 6.07) is 0.428. The summed E-state index contributed by atoms with van der Waals surface area (Å²) in [7, 11) is 0. The Morgan fingerprint density at radius 1 is 1.44 bits per heavy atom. The Bertz CT molecular complexity index is 52.5. The molecule has 0 spiro atoms. The van der Waals surface area contributed by atoms with E-state index in [1.54, 1.807) is 0 Å². The molecule has 0 aliphatic rings. The van der Waals surface area contributed by atoms with Crippen LogP contribution in [0.15, 0.2) is 0 Å². The van der Waals surface area contributed by atoms with Gasteiger partial charge in [-0.25, -0.2) is 0 Å². The molecule has 0 amide bonds. The van der Waals surface area contributed by atoms with Crippen LogP contribution in [0.1, 0.15) is 39.0 Å². The van der Waals surface area contributed by atoms with Crippen LogP contribution in [0, 0.1) is 6.92 Å². The summed E-state index contributed by atoms with van der Waals surface area (Å²) in [6.45, 7) is 5.93. The maximum absolute atomic E-state index is 5.74. The minimum Gasteiger partial charge on any atom is -0.328 e. The smallest absolute Gasteiger partial charge is 0.00387 e. The molecule has 0 aromatic rings. The lowest BCUT2D eigenvalue weighted by atomic mass is 10.1. The zero-order valence-corrected chi connectivity index (χ0v) is 6.40. The number of nitrogens with two attached hydrogens (primary N) is 1. The van der Waals surface area contributed by atoms with Gasteiger partial charge in [0.25, 0.3) is 0 Å². The molecule has 1 unspecified atom stereocenters. The number of hydrogen-bond acceptors (Lipinski definition) is 1. The van der Waals surface area contributed by atoms with E-state index >= 15 is 0 Å².